The summed E-state index contributed by atoms with van der Waals surface area (Å²) in [5.74, 6) is 0.601. The quantitative estimate of drug-likeness (QED) is 0.762. The summed E-state index contributed by atoms with van der Waals surface area (Å²) in [5.41, 5.74) is 3.18. The molecule has 2 N–H and O–H groups in total. The minimum Gasteiger partial charge on any atom is -0.495 e. The van der Waals surface area contributed by atoms with Crippen molar-refractivity contribution in [3.05, 3.63) is 53.6 Å². The van der Waals surface area contributed by atoms with Crippen LogP contribution in [0, 0.1) is 6.92 Å². The van der Waals surface area contributed by atoms with Gasteiger partial charge in [-0.15, -0.1) is 0 Å². The van der Waals surface area contributed by atoms with E-state index >= 15 is 0 Å². The highest BCUT2D eigenvalue weighted by atomic mass is 16.5. The number of ether oxygens (including phenoxy) is 1. The summed E-state index contributed by atoms with van der Waals surface area (Å²) in [6.45, 7) is 3.98. The van der Waals surface area contributed by atoms with Crippen LogP contribution in [-0.4, -0.2) is 25.3 Å². The fourth-order valence-electron chi connectivity index (χ4n) is 2.31. The molecule has 0 radical (unpaired) electrons. The number of carbonyl (C=O) groups is 2. The van der Waals surface area contributed by atoms with Gasteiger partial charge >= 0.3 is 0 Å². The van der Waals surface area contributed by atoms with E-state index in [1.807, 2.05) is 25.1 Å². The van der Waals surface area contributed by atoms with E-state index in [1.165, 1.54) is 6.92 Å². The summed E-state index contributed by atoms with van der Waals surface area (Å²) in [6, 6.07) is 12.8. The zero-order valence-corrected chi connectivity index (χ0v) is 14.2. The van der Waals surface area contributed by atoms with E-state index < -0.39 is 0 Å². The van der Waals surface area contributed by atoms with Gasteiger partial charge in [0.25, 0.3) is 0 Å². The second kappa shape index (κ2) is 8.15. The molecule has 0 heterocycles. The maximum Gasteiger partial charge on any atom is 0.226 e. The molecule has 0 aliphatic heterocycles. The molecule has 2 aromatic carbocycles. The number of amides is 1. The predicted molar refractivity (Wildman–Crippen MR) is 95.9 cm³/mol. The van der Waals surface area contributed by atoms with Crippen molar-refractivity contribution in [3.63, 3.8) is 0 Å². The summed E-state index contributed by atoms with van der Waals surface area (Å²) < 4.78 is 5.29. The van der Waals surface area contributed by atoms with Crippen molar-refractivity contribution in [2.75, 3.05) is 24.3 Å². The van der Waals surface area contributed by atoms with Gasteiger partial charge in [0, 0.05) is 24.2 Å². The number of methoxy groups -OCH3 is 1. The van der Waals surface area contributed by atoms with Gasteiger partial charge in [-0.2, -0.15) is 0 Å². The molecule has 0 aromatic heterocycles. The molecule has 126 valence electrons. The second-order valence-corrected chi connectivity index (χ2v) is 5.57. The molecular formula is C19H22N2O3. The Kier molecular flexibility index (Phi) is 5.95. The Hall–Kier alpha value is -2.82. The number of anilines is 2. The lowest BCUT2D eigenvalue weighted by Gasteiger charge is -2.12. The number of Topliss-reactive ketones (excluding diaryl/α,β-unsaturated/α-hetero) is 1. The first kappa shape index (κ1) is 17.5. The molecule has 5 nitrogen and oxygen atoms in total. The fraction of sp³-hybridized carbons (Fsp3) is 0.263. The fourth-order valence-corrected chi connectivity index (χ4v) is 2.31. The molecule has 24 heavy (non-hydrogen) atoms. The summed E-state index contributed by atoms with van der Waals surface area (Å²) in [7, 11) is 1.62. The second-order valence-electron chi connectivity index (χ2n) is 5.57. The van der Waals surface area contributed by atoms with E-state index in [1.54, 1.807) is 31.4 Å². The molecule has 5 heteroatoms. The Morgan fingerprint density at radius 2 is 1.92 bits per heavy atom. The third-order valence-electron chi connectivity index (χ3n) is 3.58. The molecule has 0 aliphatic carbocycles. The van der Waals surface area contributed by atoms with E-state index in [0.29, 0.717) is 24.2 Å². The first-order chi connectivity index (χ1) is 11.5. The number of nitrogens with one attached hydrogen (secondary N) is 2. The van der Waals surface area contributed by atoms with E-state index in [4.69, 9.17) is 4.74 Å². The van der Waals surface area contributed by atoms with Crippen LogP contribution in [0.5, 0.6) is 5.75 Å². The lowest BCUT2D eigenvalue weighted by Crippen LogP contribution is -2.16. The Balaban J connectivity index is 1.89. The van der Waals surface area contributed by atoms with Gasteiger partial charge in [-0.1, -0.05) is 18.2 Å². The molecule has 0 aliphatic rings. The molecule has 0 atom stereocenters. The first-order valence-electron chi connectivity index (χ1n) is 7.79. The molecule has 0 bridgehead atoms. The van der Waals surface area contributed by atoms with Crippen LogP contribution in [0.15, 0.2) is 42.5 Å². The number of ketones is 1. The van der Waals surface area contributed by atoms with E-state index in [2.05, 4.69) is 10.6 Å². The number of aryl methyl sites for hydroxylation is 1. The molecule has 2 aromatic rings. The lowest BCUT2D eigenvalue weighted by molar-refractivity contribution is -0.115. The average Bonchev–Trinajstić information content (AvgIpc) is 2.55. The van der Waals surface area contributed by atoms with Gasteiger partial charge in [-0.3, -0.25) is 9.59 Å². The van der Waals surface area contributed by atoms with Crippen molar-refractivity contribution >= 4 is 23.1 Å². The zero-order valence-electron chi connectivity index (χ0n) is 14.2. The number of rotatable bonds is 7. The Morgan fingerprint density at radius 3 is 2.62 bits per heavy atom. The zero-order chi connectivity index (χ0) is 17.5. The number of benzene rings is 2. The van der Waals surface area contributed by atoms with Gasteiger partial charge < -0.3 is 15.4 Å². The first-order valence-corrected chi connectivity index (χ1v) is 7.79. The molecule has 0 saturated carbocycles. The van der Waals surface area contributed by atoms with E-state index in [9.17, 15) is 9.59 Å². The van der Waals surface area contributed by atoms with Gasteiger partial charge in [0.1, 0.15) is 5.75 Å². The van der Waals surface area contributed by atoms with Crippen LogP contribution < -0.4 is 15.4 Å². The molecule has 0 spiro atoms. The average molecular weight is 326 g/mol. The van der Waals surface area contributed by atoms with Crippen LogP contribution in [-0.2, 0) is 4.79 Å². The van der Waals surface area contributed by atoms with Crippen LogP contribution in [0.1, 0.15) is 29.3 Å². The largest absolute Gasteiger partial charge is 0.495 e. The molecule has 2 rings (SSSR count). The number of hydrogen-bond acceptors (Lipinski definition) is 4. The minimum atomic E-state index is -0.116. The molecule has 0 fully saturated rings. The topological polar surface area (TPSA) is 67.4 Å². The van der Waals surface area contributed by atoms with Crippen LogP contribution in [0.3, 0.4) is 0 Å². The van der Waals surface area contributed by atoms with Gasteiger partial charge in [0.2, 0.25) is 5.91 Å². The highest BCUT2D eigenvalue weighted by Gasteiger charge is 2.06. The summed E-state index contributed by atoms with van der Waals surface area (Å²) in [5, 5.41) is 6.01. The molecular weight excluding hydrogens is 304 g/mol. The highest BCUT2D eigenvalue weighted by Crippen LogP contribution is 2.25. The van der Waals surface area contributed by atoms with Crippen molar-refractivity contribution in [2.45, 2.75) is 20.3 Å². The predicted octanol–water partition coefficient (Wildman–Crippen LogP) is 3.65. The lowest BCUT2D eigenvalue weighted by atomic mass is 10.1. The Morgan fingerprint density at radius 1 is 1.12 bits per heavy atom. The highest BCUT2D eigenvalue weighted by molar-refractivity contribution is 5.97. The summed E-state index contributed by atoms with van der Waals surface area (Å²) >= 11 is 0. The van der Waals surface area contributed by atoms with Crippen LogP contribution in [0.25, 0.3) is 0 Å². The summed E-state index contributed by atoms with van der Waals surface area (Å²) in [4.78, 5) is 23.4. The minimum absolute atomic E-state index is 0.0284. The Labute approximate surface area is 142 Å². The molecule has 0 saturated heterocycles. The third kappa shape index (κ3) is 4.84. The Bertz CT molecular complexity index is 741. The van der Waals surface area contributed by atoms with Crippen molar-refractivity contribution in [1.82, 2.24) is 0 Å². The van der Waals surface area contributed by atoms with Crippen molar-refractivity contribution in [3.8, 4) is 5.75 Å². The molecule has 1 amide bonds. The van der Waals surface area contributed by atoms with Gasteiger partial charge in [-0.05, 0) is 43.7 Å². The van der Waals surface area contributed by atoms with E-state index in [0.717, 1.165) is 17.0 Å². The molecule has 0 unspecified atom stereocenters. The monoisotopic (exact) mass is 326 g/mol. The smallest absolute Gasteiger partial charge is 0.226 e. The number of hydrogen-bond donors (Lipinski definition) is 2. The van der Waals surface area contributed by atoms with Crippen LogP contribution in [0.4, 0.5) is 11.4 Å². The van der Waals surface area contributed by atoms with Crippen molar-refractivity contribution in [2.24, 2.45) is 0 Å². The number of carbonyl (C=O) groups excluding carboxylic acids is 2. The van der Waals surface area contributed by atoms with Gasteiger partial charge in [-0.25, -0.2) is 0 Å². The van der Waals surface area contributed by atoms with Gasteiger partial charge in [0.15, 0.2) is 5.78 Å². The van der Waals surface area contributed by atoms with Crippen molar-refractivity contribution < 1.29 is 14.3 Å². The van der Waals surface area contributed by atoms with Crippen LogP contribution in [0.2, 0.25) is 0 Å². The summed E-state index contributed by atoms with van der Waals surface area (Å²) in [6.07, 6.45) is 0.307. The van der Waals surface area contributed by atoms with E-state index in [-0.39, 0.29) is 11.7 Å². The van der Waals surface area contributed by atoms with Crippen LogP contribution >= 0.6 is 0 Å². The maximum absolute atomic E-state index is 12.0. The SMILES string of the molecule is COc1ccc(C)cc1NCCC(=O)Nc1cccc(C(C)=O)c1. The maximum atomic E-state index is 12.0. The van der Waals surface area contributed by atoms with Gasteiger partial charge in [0.05, 0.1) is 12.8 Å². The standard InChI is InChI=1S/C19H22N2O3/c1-13-7-8-18(24-3)17(11-13)20-10-9-19(23)21-16-6-4-5-15(12-16)14(2)22/h4-8,11-12,20H,9-10H2,1-3H3,(H,21,23). The van der Waals surface area contributed by atoms with Crippen molar-refractivity contribution in [1.29, 1.82) is 0 Å². The normalized spacial score (nSPS) is 10.1. The third-order valence-corrected chi connectivity index (χ3v) is 3.58.